The Morgan fingerprint density at radius 3 is 2.74 bits per heavy atom. The van der Waals surface area contributed by atoms with Crippen LogP contribution in [0.2, 0.25) is 0 Å². The van der Waals surface area contributed by atoms with Crippen LogP contribution in [0.25, 0.3) is 11.3 Å². The number of imidazole rings is 1. The molecule has 4 nitrogen and oxygen atoms in total. The van der Waals surface area contributed by atoms with E-state index in [0.29, 0.717) is 13.0 Å². The minimum atomic E-state index is 0.179. The fourth-order valence-electron chi connectivity index (χ4n) is 2.60. The number of nitrogens with one attached hydrogen (secondary N) is 1. The largest absolute Gasteiger partial charge is 0.493 e. The minimum Gasteiger partial charge on any atom is -0.493 e. The van der Waals surface area contributed by atoms with E-state index in [-0.39, 0.29) is 11.2 Å². The zero-order valence-electron chi connectivity index (χ0n) is 14.3. The van der Waals surface area contributed by atoms with E-state index >= 15 is 0 Å². The molecule has 0 bridgehead atoms. The Bertz CT molecular complexity index is 618. The van der Waals surface area contributed by atoms with E-state index in [9.17, 15) is 4.79 Å². The summed E-state index contributed by atoms with van der Waals surface area (Å²) < 4.78 is 6.01. The topological polar surface area (TPSA) is 55.0 Å². The van der Waals surface area contributed by atoms with Crippen LogP contribution >= 0.6 is 0 Å². The van der Waals surface area contributed by atoms with Gasteiger partial charge in [-0.25, -0.2) is 4.98 Å². The summed E-state index contributed by atoms with van der Waals surface area (Å²) >= 11 is 0. The van der Waals surface area contributed by atoms with Crippen molar-refractivity contribution < 1.29 is 9.53 Å². The first kappa shape index (κ1) is 17.3. The Balaban J connectivity index is 1.88. The van der Waals surface area contributed by atoms with Gasteiger partial charge in [-0.3, -0.25) is 0 Å². The molecule has 1 aromatic carbocycles. The van der Waals surface area contributed by atoms with E-state index in [2.05, 4.69) is 23.8 Å². The van der Waals surface area contributed by atoms with Crippen LogP contribution in [0.4, 0.5) is 0 Å². The zero-order valence-corrected chi connectivity index (χ0v) is 14.3. The van der Waals surface area contributed by atoms with Gasteiger partial charge in [-0.1, -0.05) is 26.0 Å². The van der Waals surface area contributed by atoms with Crippen molar-refractivity contribution >= 4 is 5.78 Å². The second-order valence-corrected chi connectivity index (χ2v) is 6.78. The molecular weight excluding hydrogens is 288 g/mol. The second-order valence-electron chi connectivity index (χ2n) is 6.78. The molecule has 0 aliphatic carbocycles. The standard InChI is InChI=1S/C19H26N2O2/c1-15(22)7-6-10-19(2,3)11-12-23-18-9-5-4-8-16(18)17-13-20-14-21-17/h4-5,8-9,13-14H,6-7,10-12H2,1-3H3,(H,20,21). The van der Waals surface area contributed by atoms with Crippen LogP contribution in [0.5, 0.6) is 5.75 Å². The number of carbonyl (C=O) groups is 1. The molecule has 23 heavy (non-hydrogen) atoms. The van der Waals surface area contributed by atoms with E-state index < -0.39 is 0 Å². The molecule has 1 heterocycles. The number of hydrogen-bond donors (Lipinski definition) is 1. The van der Waals surface area contributed by atoms with Gasteiger partial charge in [0, 0.05) is 12.0 Å². The molecule has 0 aliphatic rings. The number of H-pyrrole nitrogens is 1. The number of aromatic nitrogens is 2. The molecule has 2 rings (SSSR count). The third kappa shape index (κ3) is 5.55. The van der Waals surface area contributed by atoms with Gasteiger partial charge in [0.1, 0.15) is 11.5 Å². The molecule has 0 saturated heterocycles. The first-order chi connectivity index (χ1) is 11.0. The first-order valence-corrected chi connectivity index (χ1v) is 8.18. The highest BCUT2D eigenvalue weighted by atomic mass is 16.5. The lowest BCUT2D eigenvalue weighted by molar-refractivity contribution is -0.117. The lowest BCUT2D eigenvalue weighted by atomic mass is 9.84. The smallest absolute Gasteiger partial charge is 0.129 e. The summed E-state index contributed by atoms with van der Waals surface area (Å²) in [4.78, 5) is 18.2. The number of ether oxygens (including phenoxy) is 1. The molecule has 0 saturated carbocycles. The summed E-state index contributed by atoms with van der Waals surface area (Å²) in [5.74, 6) is 1.14. The highest BCUT2D eigenvalue weighted by molar-refractivity contribution is 5.75. The molecule has 0 unspecified atom stereocenters. The van der Waals surface area contributed by atoms with Gasteiger partial charge in [0.05, 0.1) is 24.8 Å². The van der Waals surface area contributed by atoms with E-state index in [1.165, 1.54) is 0 Å². The molecular formula is C19H26N2O2. The Morgan fingerprint density at radius 2 is 2.04 bits per heavy atom. The second kappa shape index (κ2) is 7.95. The van der Waals surface area contributed by atoms with Gasteiger partial charge in [0.2, 0.25) is 0 Å². The molecule has 2 aromatic rings. The van der Waals surface area contributed by atoms with Crippen molar-refractivity contribution in [3.8, 4) is 17.0 Å². The highest BCUT2D eigenvalue weighted by Crippen LogP contribution is 2.31. The number of carbonyl (C=O) groups excluding carboxylic acids is 1. The number of para-hydroxylation sites is 1. The molecule has 0 fully saturated rings. The number of Topliss-reactive ketones (excluding diaryl/α,β-unsaturated/α-hetero) is 1. The summed E-state index contributed by atoms with van der Waals surface area (Å²) in [6.07, 6.45) is 7.10. The third-order valence-electron chi connectivity index (χ3n) is 4.09. The van der Waals surface area contributed by atoms with Crippen molar-refractivity contribution in [1.29, 1.82) is 0 Å². The van der Waals surface area contributed by atoms with Crippen LogP contribution < -0.4 is 4.74 Å². The molecule has 1 N–H and O–H groups in total. The van der Waals surface area contributed by atoms with Crippen molar-refractivity contribution in [1.82, 2.24) is 9.97 Å². The maximum atomic E-state index is 11.0. The van der Waals surface area contributed by atoms with Gasteiger partial charge in [-0.2, -0.15) is 0 Å². The van der Waals surface area contributed by atoms with E-state index in [1.54, 1.807) is 19.4 Å². The van der Waals surface area contributed by atoms with Crippen molar-refractivity contribution in [2.24, 2.45) is 5.41 Å². The molecule has 4 heteroatoms. The fourth-order valence-corrected chi connectivity index (χ4v) is 2.60. The van der Waals surface area contributed by atoms with Crippen LogP contribution in [0.1, 0.15) is 46.5 Å². The SMILES string of the molecule is CC(=O)CCCC(C)(C)CCOc1ccccc1-c1cnc[nH]1. The average molecular weight is 314 g/mol. The molecule has 0 aliphatic heterocycles. The minimum absolute atomic E-state index is 0.179. The molecule has 124 valence electrons. The van der Waals surface area contributed by atoms with Gasteiger partial charge in [0.25, 0.3) is 0 Å². The molecule has 0 radical (unpaired) electrons. The summed E-state index contributed by atoms with van der Waals surface area (Å²) in [5.41, 5.74) is 2.17. The lowest BCUT2D eigenvalue weighted by Crippen LogP contribution is -2.16. The number of benzene rings is 1. The van der Waals surface area contributed by atoms with Crippen LogP contribution in [0.3, 0.4) is 0 Å². The van der Waals surface area contributed by atoms with Crippen LogP contribution in [-0.2, 0) is 4.79 Å². The van der Waals surface area contributed by atoms with Crippen molar-refractivity contribution in [3.05, 3.63) is 36.8 Å². The summed E-state index contributed by atoms with van der Waals surface area (Å²) in [5, 5.41) is 0. The fraction of sp³-hybridized carbons (Fsp3) is 0.474. The average Bonchev–Trinajstić information content (AvgIpc) is 3.01. The molecule has 1 aromatic heterocycles. The molecule has 0 spiro atoms. The van der Waals surface area contributed by atoms with Crippen LogP contribution in [-0.4, -0.2) is 22.4 Å². The number of rotatable bonds is 9. The molecule has 0 amide bonds. The van der Waals surface area contributed by atoms with Crippen molar-refractivity contribution in [2.45, 2.75) is 46.5 Å². The van der Waals surface area contributed by atoms with Crippen LogP contribution in [0, 0.1) is 5.41 Å². The van der Waals surface area contributed by atoms with E-state index in [4.69, 9.17) is 4.74 Å². The van der Waals surface area contributed by atoms with Gasteiger partial charge < -0.3 is 14.5 Å². The van der Waals surface area contributed by atoms with Gasteiger partial charge in [-0.15, -0.1) is 0 Å². The Hall–Kier alpha value is -2.10. The van der Waals surface area contributed by atoms with Gasteiger partial charge in [0.15, 0.2) is 0 Å². The van der Waals surface area contributed by atoms with Gasteiger partial charge in [-0.05, 0) is 43.7 Å². The number of nitrogens with zero attached hydrogens (tertiary/aromatic N) is 1. The number of hydrogen-bond acceptors (Lipinski definition) is 3. The monoisotopic (exact) mass is 314 g/mol. The van der Waals surface area contributed by atoms with Crippen molar-refractivity contribution in [3.63, 3.8) is 0 Å². The molecule has 0 atom stereocenters. The Labute approximate surface area is 138 Å². The van der Waals surface area contributed by atoms with Gasteiger partial charge >= 0.3 is 0 Å². The predicted molar refractivity (Wildman–Crippen MR) is 92.4 cm³/mol. The predicted octanol–water partition coefficient (Wildman–Crippen LogP) is 4.63. The maximum Gasteiger partial charge on any atom is 0.129 e. The zero-order chi connectivity index (χ0) is 16.7. The Kier molecular flexibility index (Phi) is 5.97. The summed E-state index contributed by atoms with van der Waals surface area (Å²) in [6.45, 7) is 6.79. The van der Waals surface area contributed by atoms with E-state index in [0.717, 1.165) is 36.3 Å². The quantitative estimate of drug-likeness (QED) is 0.734. The normalized spacial score (nSPS) is 11.4. The summed E-state index contributed by atoms with van der Waals surface area (Å²) in [7, 11) is 0. The summed E-state index contributed by atoms with van der Waals surface area (Å²) in [6, 6.07) is 7.99. The van der Waals surface area contributed by atoms with E-state index in [1.807, 2.05) is 24.3 Å². The number of ketones is 1. The first-order valence-electron chi connectivity index (χ1n) is 8.18. The van der Waals surface area contributed by atoms with Crippen LogP contribution in [0.15, 0.2) is 36.8 Å². The number of aromatic amines is 1. The third-order valence-corrected chi connectivity index (χ3v) is 4.09. The highest BCUT2D eigenvalue weighted by Gasteiger charge is 2.18. The Morgan fingerprint density at radius 1 is 1.26 bits per heavy atom. The lowest BCUT2D eigenvalue weighted by Gasteiger charge is -2.24. The van der Waals surface area contributed by atoms with Crippen molar-refractivity contribution in [2.75, 3.05) is 6.61 Å². The maximum absolute atomic E-state index is 11.0.